The molecule has 0 unspecified atom stereocenters. The van der Waals surface area contributed by atoms with E-state index in [0.29, 0.717) is 5.82 Å². The lowest BCUT2D eigenvalue weighted by Gasteiger charge is -2.05. The molecule has 8 heteroatoms. The molecule has 0 aliphatic heterocycles. The third-order valence-electron chi connectivity index (χ3n) is 2.12. The Labute approximate surface area is 112 Å². The molecule has 1 aromatic heterocycles. The standard InChI is InChI=1S/C11H7ClFN3O3/c1-6-14-10(12)5-11(15-6)19-7-2-3-9(16(17)18)8(13)4-7/h2-5H,1H3. The Balaban J connectivity index is 2.28. The van der Waals surface area contributed by atoms with Crippen molar-refractivity contribution in [2.45, 2.75) is 6.92 Å². The Morgan fingerprint density at radius 3 is 2.68 bits per heavy atom. The van der Waals surface area contributed by atoms with Crippen molar-refractivity contribution < 1.29 is 14.1 Å². The Hall–Kier alpha value is -2.28. The van der Waals surface area contributed by atoms with E-state index in [4.69, 9.17) is 16.3 Å². The summed E-state index contributed by atoms with van der Waals surface area (Å²) in [6.07, 6.45) is 0. The molecule has 6 nitrogen and oxygen atoms in total. The Bertz CT molecular complexity index is 631. The van der Waals surface area contributed by atoms with Crippen LogP contribution in [0.4, 0.5) is 10.1 Å². The monoisotopic (exact) mass is 283 g/mol. The van der Waals surface area contributed by atoms with Crippen molar-refractivity contribution in [1.82, 2.24) is 9.97 Å². The first-order chi connectivity index (χ1) is 8.95. The summed E-state index contributed by atoms with van der Waals surface area (Å²) in [6, 6.07) is 4.55. The average molecular weight is 284 g/mol. The van der Waals surface area contributed by atoms with Gasteiger partial charge in [0.25, 0.3) is 0 Å². The van der Waals surface area contributed by atoms with E-state index >= 15 is 0 Å². The molecular weight excluding hydrogens is 277 g/mol. The second-order valence-electron chi connectivity index (χ2n) is 3.55. The van der Waals surface area contributed by atoms with E-state index < -0.39 is 16.4 Å². The average Bonchev–Trinajstić information content (AvgIpc) is 2.26. The van der Waals surface area contributed by atoms with Gasteiger partial charge in [0, 0.05) is 18.2 Å². The molecule has 0 saturated carbocycles. The molecule has 0 fully saturated rings. The zero-order valence-corrected chi connectivity index (χ0v) is 10.4. The number of rotatable bonds is 3. The smallest absolute Gasteiger partial charge is 0.305 e. The van der Waals surface area contributed by atoms with Gasteiger partial charge in [-0.05, 0) is 13.0 Å². The van der Waals surface area contributed by atoms with Crippen molar-refractivity contribution in [3.8, 4) is 11.6 Å². The van der Waals surface area contributed by atoms with E-state index in [0.717, 1.165) is 12.1 Å². The second-order valence-corrected chi connectivity index (χ2v) is 3.94. The van der Waals surface area contributed by atoms with Crippen molar-refractivity contribution in [3.05, 3.63) is 51.2 Å². The van der Waals surface area contributed by atoms with Crippen molar-refractivity contribution in [1.29, 1.82) is 0 Å². The maximum absolute atomic E-state index is 13.4. The number of nitrogens with zero attached hydrogens (tertiary/aromatic N) is 3. The van der Waals surface area contributed by atoms with Gasteiger partial charge in [-0.2, -0.15) is 9.37 Å². The number of hydrogen-bond donors (Lipinski definition) is 0. The summed E-state index contributed by atoms with van der Waals surface area (Å²) >= 11 is 5.72. The number of nitro groups is 1. The molecule has 2 rings (SSSR count). The normalized spacial score (nSPS) is 10.3. The highest BCUT2D eigenvalue weighted by Crippen LogP contribution is 2.26. The summed E-state index contributed by atoms with van der Waals surface area (Å²) in [6.45, 7) is 1.62. The molecule has 0 aliphatic carbocycles. The predicted molar refractivity (Wildman–Crippen MR) is 64.9 cm³/mol. The first kappa shape index (κ1) is 13.2. The number of halogens is 2. The van der Waals surface area contributed by atoms with Gasteiger partial charge in [0.2, 0.25) is 11.7 Å². The van der Waals surface area contributed by atoms with Crippen LogP contribution in [0, 0.1) is 22.9 Å². The minimum atomic E-state index is -0.987. The van der Waals surface area contributed by atoms with Crippen LogP contribution in [0.25, 0.3) is 0 Å². The molecule has 0 saturated heterocycles. The van der Waals surface area contributed by atoms with Gasteiger partial charge in [0.05, 0.1) is 4.92 Å². The van der Waals surface area contributed by atoms with Gasteiger partial charge in [-0.25, -0.2) is 4.98 Å². The minimum absolute atomic E-state index is 0.0808. The molecule has 19 heavy (non-hydrogen) atoms. The molecule has 1 aromatic carbocycles. The fourth-order valence-electron chi connectivity index (χ4n) is 1.38. The highest BCUT2D eigenvalue weighted by atomic mass is 35.5. The summed E-state index contributed by atoms with van der Waals surface area (Å²) in [5.74, 6) is -0.382. The maximum Gasteiger partial charge on any atom is 0.305 e. The molecule has 2 aromatic rings. The molecule has 0 N–H and O–H groups in total. The molecule has 1 heterocycles. The lowest BCUT2D eigenvalue weighted by atomic mass is 10.3. The van der Waals surface area contributed by atoms with Crippen LogP contribution in [0.3, 0.4) is 0 Å². The number of aryl methyl sites for hydroxylation is 1. The van der Waals surface area contributed by atoms with Crippen molar-refractivity contribution in [2.24, 2.45) is 0 Å². The molecule has 0 amide bonds. The van der Waals surface area contributed by atoms with E-state index in [-0.39, 0.29) is 16.8 Å². The van der Waals surface area contributed by atoms with Gasteiger partial charge in [-0.3, -0.25) is 10.1 Å². The largest absolute Gasteiger partial charge is 0.439 e. The van der Waals surface area contributed by atoms with Gasteiger partial charge in [-0.15, -0.1) is 0 Å². The third-order valence-corrected chi connectivity index (χ3v) is 2.32. The molecule has 0 atom stereocenters. The molecule has 0 aliphatic rings. The minimum Gasteiger partial charge on any atom is -0.439 e. The van der Waals surface area contributed by atoms with Gasteiger partial charge in [0.1, 0.15) is 16.7 Å². The van der Waals surface area contributed by atoms with Gasteiger partial charge < -0.3 is 4.74 Å². The molecular formula is C11H7ClFN3O3. The van der Waals surface area contributed by atoms with Crippen molar-refractivity contribution >= 4 is 17.3 Å². The van der Waals surface area contributed by atoms with Gasteiger partial charge in [0.15, 0.2) is 0 Å². The number of ether oxygens (including phenoxy) is 1. The molecule has 0 spiro atoms. The van der Waals surface area contributed by atoms with Crippen LogP contribution in [0.15, 0.2) is 24.3 Å². The number of nitro benzene ring substituents is 1. The topological polar surface area (TPSA) is 78.2 Å². The van der Waals surface area contributed by atoms with Crippen LogP contribution in [-0.2, 0) is 0 Å². The highest BCUT2D eigenvalue weighted by Gasteiger charge is 2.15. The zero-order chi connectivity index (χ0) is 14.0. The predicted octanol–water partition coefficient (Wildman–Crippen LogP) is 3.28. The van der Waals surface area contributed by atoms with Crippen LogP contribution < -0.4 is 4.74 Å². The quantitative estimate of drug-likeness (QED) is 0.491. The fraction of sp³-hybridized carbons (Fsp3) is 0.0909. The third kappa shape index (κ3) is 3.14. The number of aromatic nitrogens is 2. The van der Waals surface area contributed by atoms with Crippen LogP contribution in [0.1, 0.15) is 5.82 Å². The Morgan fingerprint density at radius 1 is 1.37 bits per heavy atom. The SMILES string of the molecule is Cc1nc(Cl)cc(Oc2ccc([N+](=O)[O-])c(F)c2)n1. The second kappa shape index (κ2) is 5.15. The van der Waals surface area contributed by atoms with E-state index in [1.54, 1.807) is 6.92 Å². The summed E-state index contributed by atoms with van der Waals surface area (Å²) in [4.78, 5) is 17.4. The first-order valence-electron chi connectivity index (χ1n) is 5.08. The number of benzene rings is 1. The first-order valence-corrected chi connectivity index (χ1v) is 5.46. The van der Waals surface area contributed by atoms with E-state index in [1.165, 1.54) is 12.1 Å². The van der Waals surface area contributed by atoms with Crippen LogP contribution >= 0.6 is 11.6 Å². The summed E-state index contributed by atoms with van der Waals surface area (Å²) in [7, 11) is 0. The summed E-state index contributed by atoms with van der Waals surface area (Å²) in [5, 5.41) is 10.7. The molecule has 98 valence electrons. The van der Waals surface area contributed by atoms with E-state index in [9.17, 15) is 14.5 Å². The maximum atomic E-state index is 13.4. The number of hydrogen-bond acceptors (Lipinski definition) is 5. The zero-order valence-electron chi connectivity index (χ0n) is 9.63. The van der Waals surface area contributed by atoms with E-state index in [2.05, 4.69) is 9.97 Å². The van der Waals surface area contributed by atoms with Crippen molar-refractivity contribution in [3.63, 3.8) is 0 Å². The Kier molecular flexibility index (Phi) is 3.57. The lowest BCUT2D eigenvalue weighted by molar-refractivity contribution is -0.387. The van der Waals surface area contributed by atoms with Crippen LogP contribution in [0.5, 0.6) is 11.6 Å². The summed E-state index contributed by atoms with van der Waals surface area (Å²) in [5.41, 5.74) is -0.621. The Morgan fingerprint density at radius 2 is 2.11 bits per heavy atom. The van der Waals surface area contributed by atoms with Crippen LogP contribution in [0.2, 0.25) is 5.15 Å². The lowest BCUT2D eigenvalue weighted by Crippen LogP contribution is -1.95. The highest BCUT2D eigenvalue weighted by molar-refractivity contribution is 6.29. The fourth-order valence-corrected chi connectivity index (χ4v) is 1.59. The van der Waals surface area contributed by atoms with Gasteiger partial charge >= 0.3 is 5.69 Å². The van der Waals surface area contributed by atoms with Crippen LogP contribution in [-0.4, -0.2) is 14.9 Å². The van der Waals surface area contributed by atoms with Gasteiger partial charge in [-0.1, -0.05) is 11.6 Å². The van der Waals surface area contributed by atoms with Crippen molar-refractivity contribution in [2.75, 3.05) is 0 Å². The summed E-state index contributed by atoms with van der Waals surface area (Å²) < 4.78 is 18.6. The molecule has 0 bridgehead atoms. The van der Waals surface area contributed by atoms with E-state index in [1.807, 2.05) is 0 Å². The molecule has 0 radical (unpaired) electrons.